The molecule has 2 saturated heterocycles. The number of rotatable bonds is 6. The molecule has 0 radical (unpaired) electrons. The molecule has 228 valence electrons. The lowest BCUT2D eigenvalue weighted by Crippen LogP contribution is -2.50. The highest BCUT2D eigenvalue weighted by Gasteiger charge is 2.30. The second-order valence-electron chi connectivity index (χ2n) is 11.4. The highest BCUT2D eigenvalue weighted by Crippen LogP contribution is 2.39. The molecule has 2 aliphatic heterocycles. The van der Waals surface area contributed by atoms with Gasteiger partial charge in [-0.1, -0.05) is 18.2 Å². The zero-order chi connectivity index (χ0) is 30.7. The number of carbonyl (C=O) groups excluding carboxylic acids is 2. The number of nitro benzene ring substituents is 1. The van der Waals surface area contributed by atoms with E-state index in [0.29, 0.717) is 75.2 Å². The van der Waals surface area contributed by atoms with Crippen LogP contribution >= 0.6 is 0 Å². The van der Waals surface area contributed by atoms with E-state index in [9.17, 15) is 19.7 Å². The molecule has 0 unspecified atom stereocenters. The molecular formula is C30H36N6O7. The smallest absolute Gasteiger partial charge is 0.410 e. The van der Waals surface area contributed by atoms with E-state index in [4.69, 9.17) is 19.2 Å². The Bertz CT molecular complexity index is 1530. The van der Waals surface area contributed by atoms with E-state index < -0.39 is 16.5 Å². The summed E-state index contributed by atoms with van der Waals surface area (Å²) in [7, 11) is 1.20. The van der Waals surface area contributed by atoms with Gasteiger partial charge in [0.1, 0.15) is 22.7 Å². The first-order chi connectivity index (χ1) is 20.5. The molecule has 0 saturated carbocycles. The van der Waals surface area contributed by atoms with E-state index in [2.05, 4.69) is 10.2 Å². The molecule has 13 nitrogen and oxygen atoms in total. The molecule has 2 fully saturated rings. The van der Waals surface area contributed by atoms with E-state index in [1.54, 1.807) is 11.0 Å². The first-order valence-corrected chi connectivity index (χ1v) is 14.2. The third-order valence-corrected chi connectivity index (χ3v) is 7.29. The summed E-state index contributed by atoms with van der Waals surface area (Å²) in [5.41, 5.74) is 0.989. The second-order valence-corrected chi connectivity index (χ2v) is 11.4. The SMILES string of the molecule is COC(=O)c1cc(N2CCOCC2)cc(Nc2cc(N3CCN(C(=O)OC(C)(C)C)CC3)nc3ccccc23)c1[N+](=O)[O-]. The highest BCUT2D eigenvalue weighted by atomic mass is 16.6. The van der Waals surface area contributed by atoms with Crippen LogP contribution in [0.3, 0.4) is 0 Å². The zero-order valence-corrected chi connectivity index (χ0v) is 24.8. The molecule has 1 N–H and O–H groups in total. The number of benzene rings is 2. The number of para-hydroxylation sites is 1. The molecule has 0 spiro atoms. The minimum Gasteiger partial charge on any atom is -0.465 e. The first kappa shape index (κ1) is 29.8. The standard InChI is InChI=1S/C30H36N6O7/c1-30(2,3)43-29(38)35-11-9-34(10-12-35)26-19-24(21-7-5-6-8-23(21)32-26)31-25-18-20(33-13-15-42-16-14-33)17-22(28(37)41-4)27(25)36(39)40/h5-8,17-19H,9-16H2,1-4H3,(H,31,32). The number of anilines is 4. The number of morpholine rings is 1. The van der Waals surface area contributed by atoms with Gasteiger partial charge in [-0.2, -0.15) is 0 Å². The van der Waals surface area contributed by atoms with Crippen LogP contribution in [0, 0.1) is 10.1 Å². The van der Waals surface area contributed by atoms with Gasteiger partial charge in [-0.15, -0.1) is 0 Å². The predicted molar refractivity (Wildman–Crippen MR) is 163 cm³/mol. The van der Waals surface area contributed by atoms with Crippen LogP contribution in [0.5, 0.6) is 0 Å². The highest BCUT2D eigenvalue weighted by molar-refractivity contribution is 6.01. The van der Waals surface area contributed by atoms with Crippen molar-refractivity contribution >= 4 is 51.5 Å². The molecule has 3 heterocycles. The largest absolute Gasteiger partial charge is 0.465 e. The van der Waals surface area contributed by atoms with Crippen molar-refractivity contribution < 1.29 is 28.7 Å². The van der Waals surface area contributed by atoms with Crippen molar-refractivity contribution in [3.05, 3.63) is 58.1 Å². The van der Waals surface area contributed by atoms with Gasteiger partial charge in [-0.3, -0.25) is 10.1 Å². The maximum atomic E-state index is 12.8. The van der Waals surface area contributed by atoms with Gasteiger partial charge in [0.25, 0.3) is 0 Å². The Morgan fingerprint density at radius 1 is 0.977 bits per heavy atom. The number of piperazine rings is 1. The number of hydrogen-bond donors (Lipinski definition) is 1. The van der Waals surface area contributed by atoms with Crippen LogP contribution in [0.4, 0.5) is 33.4 Å². The lowest BCUT2D eigenvalue weighted by molar-refractivity contribution is -0.384. The van der Waals surface area contributed by atoms with Gasteiger partial charge in [-0.05, 0) is 39.0 Å². The molecule has 1 amide bonds. The molecule has 2 aromatic carbocycles. The fourth-order valence-electron chi connectivity index (χ4n) is 5.20. The summed E-state index contributed by atoms with van der Waals surface area (Å²) in [4.78, 5) is 47.7. The van der Waals surface area contributed by atoms with Crippen molar-refractivity contribution in [3.8, 4) is 0 Å². The zero-order valence-electron chi connectivity index (χ0n) is 24.8. The number of ether oxygens (including phenoxy) is 3. The number of pyridine rings is 1. The maximum Gasteiger partial charge on any atom is 0.410 e. The van der Waals surface area contributed by atoms with E-state index in [0.717, 1.165) is 5.39 Å². The van der Waals surface area contributed by atoms with Gasteiger partial charge < -0.3 is 34.2 Å². The van der Waals surface area contributed by atoms with Gasteiger partial charge >= 0.3 is 17.7 Å². The quantitative estimate of drug-likeness (QED) is 0.245. The van der Waals surface area contributed by atoms with E-state index in [1.165, 1.54) is 13.2 Å². The number of nitrogens with zero attached hydrogens (tertiary/aromatic N) is 5. The number of amides is 1. The van der Waals surface area contributed by atoms with Gasteiger partial charge in [0.15, 0.2) is 0 Å². The third-order valence-electron chi connectivity index (χ3n) is 7.29. The Labute approximate surface area is 249 Å². The summed E-state index contributed by atoms with van der Waals surface area (Å²) in [6, 6.07) is 12.5. The average Bonchev–Trinajstić information content (AvgIpc) is 2.99. The number of carbonyl (C=O) groups is 2. The lowest BCUT2D eigenvalue weighted by atomic mass is 10.1. The van der Waals surface area contributed by atoms with Gasteiger partial charge in [-0.25, -0.2) is 14.6 Å². The first-order valence-electron chi connectivity index (χ1n) is 14.2. The van der Waals surface area contributed by atoms with Crippen molar-refractivity contribution in [3.63, 3.8) is 0 Å². The summed E-state index contributed by atoms with van der Waals surface area (Å²) in [5, 5.41) is 16.4. The van der Waals surface area contributed by atoms with E-state index in [1.807, 2.05) is 56.0 Å². The summed E-state index contributed by atoms with van der Waals surface area (Å²) in [6.45, 7) is 9.66. The van der Waals surface area contributed by atoms with E-state index in [-0.39, 0.29) is 23.0 Å². The van der Waals surface area contributed by atoms with Crippen LogP contribution < -0.4 is 15.1 Å². The fraction of sp³-hybridized carbons (Fsp3) is 0.433. The molecule has 5 rings (SSSR count). The molecule has 0 bridgehead atoms. The number of esters is 1. The molecular weight excluding hydrogens is 556 g/mol. The lowest BCUT2D eigenvalue weighted by Gasteiger charge is -2.36. The topological polar surface area (TPSA) is 140 Å². The minimum atomic E-state index is -0.798. The average molecular weight is 593 g/mol. The van der Waals surface area contributed by atoms with Crippen molar-refractivity contribution in [2.75, 3.05) is 74.7 Å². The van der Waals surface area contributed by atoms with Crippen LogP contribution in [0.15, 0.2) is 42.5 Å². The Morgan fingerprint density at radius 2 is 1.67 bits per heavy atom. The third kappa shape index (κ3) is 6.72. The van der Waals surface area contributed by atoms with Gasteiger partial charge in [0.05, 0.1) is 36.5 Å². The normalized spacial score (nSPS) is 15.8. The summed E-state index contributed by atoms with van der Waals surface area (Å²) < 4.78 is 15.9. The van der Waals surface area contributed by atoms with Gasteiger partial charge in [0.2, 0.25) is 0 Å². The van der Waals surface area contributed by atoms with Crippen LogP contribution in [0.2, 0.25) is 0 Å². The monoisotopic (exact) mass is 592 g/mol. The van der Waals surface area contributed by atoms with Crippen molar-refractivity contribution in [1.82, 2.24) is 9.88 Å². The number of methoxy groups -OCH3 is 1. The predicted octanol–water partition coefficient (Wildman–Crippen LogP) is 4.57. The number of fused-ring (bicyclic) bond motifs is 1. The number of hydrogen-bond acceptors (Lipinski definition) is 11. The number of nitrogens with one attached hydrogen (secondary N) is 1. The molecule has 13 heteroatoms. The van der Waals surface area contributed by atoms with Gasteiger partial charge in [0, 0.05) is 56.4 Å². The minimum absolute atomic E-state index is 0.143. The number of nitro groups is 1. The maximum absolute atomic E-state index is 12.8. The molecule has 1 aromatic heterocycles. The van der Waals surface area contributed by atoms with Crippen molar-refractivity contribution in [1.29, 1.82) is 0 Å². The Balaban J connectivity index is 1.51. The Hall–Kier alpha value is -4.65. The molecule has 0 aliphatic carbocycles. The van der Waals surface area contributed by atoms with Crippen molar-refractivity contribution in [2.45, 2.75) is 26.4 Å². The summed E-state index contributed by atoms with van der Waals surface area (Å²) >= 11 is 0. The molecule has 43 heavy (non-hydrogen) atoms. The van der Waals surface area contributed by atoms with E-state index >= 15 is 0 Å². The van der Waals surface area contributed by atoms with Crippen LogP contribution in [-0.4, -0.2) is 92.1 Å². The summed E-state index contributed by atoms with van der Waals surface area (Å²) in [5.74, 6) is -0.141. The van der Waals surface area contributed by atoms with Crippen LogP contribution in [0.1, 0.15) is 31.1 Å². The Morgan fingerprint density at radius 3 is 2.33 bits per heavy atom. The van der Waals surface area contributed by atoms with Crippen molar-refractivity contribution in [2.24, 2.45) is 0 Å². The molecule has 2 aliphatic rings. The fourth-order valence-corrected chi connectivity index (χ4v) is 5.20. The van der Waals surface area contributed by atoms with Crippen LogP contribution in [-0.2, 0) is 14.2 Å². The summed E-state index contributed by atoms with van der Waals surface area (Å²) in [6.07, 6.45) is -0.352. The second kappa shape index (κ2) is 12.3. The van der Waals surface area contributed by atoms with Crippen LogP contribution in [0.25, 0.3) is 10.9 Å². The number of aromatic nitrogens is 1. The molecule has 0 atom stereocenters. The molecule has 3 aromatic rings. The Kier molecular flexibility index (Phi) is 8.53.